The molecule has 2 rings (SSSR count). The van der Waals surface area contributed by atoms with Crippen LogP contribution in [-0.2, 0) is 11.2 Å². The summed E-state index contributed by atoms with van der Waals surface area (Å²) in [6.45, 7) is 5.53. The molecule has 0 saturated carbocycles. The Morgan fingerprint density at radius 2 is 2.00 bits per heavy atom. The van der Waals surface area contributed by atoms with E-state index in [4.69, 9.17) is 5.84 Å². The van der Waals surface area contributed by atoms with Crippen LogP contribution in [0.15, 0.2) is 5.16 Å². The maximum absolute atomic E-state index is 12.1. The predicted octanol–water partition coefficient (Wildman–Crippen LogP) is -0.189. The van der Waals surface area contributed by atoms with Crippen LogP contribution >= 0.6 is 11.8 Å². The van der Waals surface area contributed by atoms with Gasteiger partial charge in [-0.05, 0) is 13.5 Å². The molecule has 1 aliphatic heterocycles. The molecule has 0 atom stereocenters. The number of likely N-dealkylation sites (N-methyl/N-ethyl adjacent to an activating group) is 1. The molecule has 0 spiro atoms. The van der Waals surface area contributed by atoms with Gasteiger partial charge < -0.3 is 15.6 Å². The first-order chi connectivity index (χ1) is 9.61. The Balaban J connectivity index is 1.84. The van der Waals surface area contributed by atoms with Crippen LogP contribution in [0.25, 0.3) is 0 Å². The molecular formula is C12H22N6OS. The van der Waals surface area contributed by atoms with Gasteiger partial charge in [-0.2, -0.15) is 0 Å². The summed E-state index contributed by atoms with van der Waals surface area (Å²) in [5.74, 6) is 7.19. The normalized spacial score (nSPS) is 16.6. The van der Waals surface area contributed by atoms with Gasteiger partial charge in [-0.15, -0.1) is 10.2 Å². The summed E-state index contributed by atoms with van der Waals surface area (Å²) in [5, 5.41) is 8.68. The van der Waals surface area contributed by atoms with Crippen molar-refractivity contribution in [2.75, 3.05) is 44.8 Å². The minimum Gasteiger partial charge on any atom is -0.339 e. The quantitative estimate of drug-likeness (QED) is 0.599. The van der Waals surface area contributed by atoms with Crippen LogP contribution < -0.4 is 5.84 Å². The molecule has 1 fully saturated rings. The van der Waals surface area contributed by atoms with Gasteiger partial charge in [-0.3, -0.25) is 4.79 Å². The highest BCUT2D eigenvalue weighted by Gasteiger charge is 2.20. The third-order valence-electron chi connectivity index (χ3n) is 3.39. The Kier molecular flexibility index (Phi) is 5.24. The number of carbonyl (C=O) groups excluding carboxylic acids is 1. The molecule has 0 aliphatic carbocycles. The molecule has 0 radical (unpaired) electrons. The SMILES string of the molecule is CCCc1nnc(SCC(=O)N2CCN(C)CC2)n1N. The van der Waals surface area contributed by atoms with E-state index in [1.54, 1.807) is 0 Å². The van der Waals surface area contributed by atoms with Gasteiger partial charge in [0, 0.05) is 32.6 Å². The van der Waals surface area contributed by atoms with E-state index >= 15 is 0 Å². The fourth-order valence-corrected chi connectivity index (χ4v) is 2.85. The second kappa shape index (κ2) is 6.94. The van der Waals surface area contributed by atoms with Gasteiger partial charge >= 0.3 is 0 Å². The summed E-state index contributed by atoms with van der Waals surface area (Å²) in [4.78, 5) is 16.2. The highest BCUT2D eigenvalue weighted by Crippen LogP contribution is 2.16. The Hall–Kier alpha value is -1.28. The van der Waals surface area contributed by atoms with E-state index in [1.807, 2.05) is 4.90 Å². The van der Waals surface area contributed by atoms with Crippen LogP contribution in [0, 0.1) is 0 Å². The van der Waals surface area contributed by atoms with Crippen molar-refractivity contribution in [2.24, 2.45) is 0 Å². The van der Waals surface area contributed by atoms with Crippen molar-refractivity contribution in [1.29, 1.82) is 0 Å². The number of rotatable bonds is 5. The molecular weight excluding hydrogens is 276 g/mol. The van der Waals surface area contributed by atoms with E-state index in [1.165, 1.54) is 16.4 Å². The first-order valence-electron chi connectivity index (χ1n) is 6.90. The van der Waals surface area contributed by atoms with Crippen molar-refractivity contribution in [3.8, 4) is 0 Å². The summed E-state index contributed by atoms with van der Waals surface area (Å²) >= 11 is 1.36. The van der Waals surface area contributed by atoms with Gasteiger partial charge in [0.05, 0.1) is 5.75 Å². The molecule has 20 heavy (non-hydrogen) atoms. The number of nitrogens with two attached hydrogens (primary N) is 1. The van der Waals surface area contributed by atoms with Crippen molar-refractivity contribution < 1.29 is 4.79 Å². The van der Waals surface area contributed by atoms with Gasteiger partial charge in [0.2, 0.25) is 11.1 Å². The zero-order chi connectivity index (χ0) is 14.5. The van der Waals surface area contributed by atoms with Gasteiger partial charge in [-0.1, -0.05) is 18.7 Å². The number of thioether (sulfide) groups is 1. The van der Waals surface area contributed by atoms with Crippen LogP contribution in [0.2, 0.25) is 0 Å². The lowest BCUT2D eigenvalue weighted by molar-refractivity contribution is -0.129. The van der Waals surface area contributed by atoms with Gasteiger partial charge in [-0.25, -0.2) is 4.68 Å². The molecule has 0 bridgehead atoms. The van der Waals surface area contributed by atoms with Crippen molar-refractivity contribution in [3.63, 3.8) is 0 Å². The fraction of sp³-hybridized carbons (Fsp3) is 0.750. The molecule has 1 aromatic heterocycles. The molecule has 1 aliphatic rings. The number of hydrogen-bond acceptors (Lipinski definition) is 6. The summed E-state index contributed by atoms with van der Waals surface area (Å²) in [5.41, 5.74) is 0. The standard InChI is InChI=1S/C12H22N6OS/c1-3-4-10-14-15-12(18(10)13)20-9-11(19)17-7-5-16(2)6-8-17/h3-9,13H2,1-2H3. The average Bonchev–Trinajstić information content (AvgIpc) is 2.79. The Bertz CT molecular complexity index is 455. The zero-order valence-electron chi connectivity index (χ0n) is 12.1. The summed E-state index contributed by atoms with van der Waals surface area (Å²) in [6.07, 6.45) is 1.77. The number of hydrogen-bond donors (Lipinski definition) is 1. The number of aromatic nitrogens is 3. The molecule has 2 N–H and O–H groups in total. The number of carbonyl (C=O) groups is 1. The number of piperazine rings is 1. The molecule has 1 amide bonds. The van der Waals surface area contributed by atoms with E-state index in [2.05, 4.69) is 29.1 Å². The van der Waals surface area contributed by atoms with Crippen molar-refractivity contribution >= 4 is 17.7 Å². The largest absolute Gasteiger partial charge is 0.339 e. The molecule has 7 nitrogen and oxygen atoms in total. The lowest BCUT2D eigenvalue weighted by Crippen LogP contribution is -2.47. The number of nitrogens with zero attached hydrogens (tertiary/aromatic N) is 5. The van der Waals surface area contributed by atoms with Crippen LogP contribution in [0.3, 0.4) is 0 Å². The van der Waals surface area contributed by atoms with E-state index in [0.29, 0.717) is 10.9 Å². The highest BCUT2D eigenvalue weighted by atomic mass is 32.2. The molecule has 8 heteroatoms. The third-order valence-corrected chi connectivity index (χ3v) is 4.32. The van der Waals surface area contributed by atoms with Crippen molar-refractivity contribution in [1.82, 2.24) is 24.7 Å². The minimum atomic E-state index is 0.142. The molecule has 0 unspecified atom stereocenters. The van der Waals surface area contributed by atoms with Gasteiger partial charge in [0.15, 0.2) is 5.82 Å². The van der Waals surface area contributed by atoms with E-state index in [-0.39, 0.29) is 5.91 Å². The summed E-state index contributed by atoms with van der Waals surface area (Å²) in [7, 11) is 2.07. The topological polar surface area (TPSA) is 80.3 Å². The van der Waals surface area contributed by atoms with E-state index in [0.717, 1.165) is 44.8 Å². The van der Waals surface area contributed by atoms with E-state index in [9.17, 15) is 4.79 Å². The smallest absolute Gasteiger partial charge is 0.233 e. The monoisotopic (exact) mass is 298 g/mol. The zero-order valence-corrected chi connectivity index (χ0v) is 12.9. The molecule has 0 aromatic carbocycles. The van der Waals surface area contributed by atoms with Crippen molar-refractivity contribution in [2.45, 2.75) is 24.9 Å². The lowest BCUT2D eigenvalue weighted by Gasteiger charge is -2.32. The van der Waals surface area contributed by atoms with Gasteiger partial charge in [0.25, 0.3) is 0 Å². The molecule has 112 valence electrons. The van der Waals surface area contributed by atoms with Crippen LogP contribution in [0.5, 0.6) is 0 Å². The lowest BCUT2D eigenvalue weighted by atomic mass is 10.3. The number of aryl methyl sites for hydroxylation is 1. The minimum absolute atomic E-state index is 0.142. The Morgan fingerprint density at radius 3 is 2.65 bits per heavy atom. The predicted molar refractivity (Wildman–Crippen MR) is 79.0 cm³/mol. The highest BCUT2D eigenvalue weighted by molar-refractivity contribution is 7.99. The van der Waals surface area contributed by atoms with Crippen LogP contribution in [-0.4, -0.2) is 69.6 Å². The molecule has 2 heterocycles. The fourth-order valence-electron chi connectivity index (χ4n) is 2.07. The molecule has 1 saturated heterocycles. The van der Waals surface area contributed by atoms with E-state index < -0.39 is 0 Å². The maximum atomic E-state index is 12.1. The van der Waals surface area contributed by atoms with Crippen LogP contribution in [0.1, 0.15) is 19.2 Å². The average molecular weight is 298 g/mol. The Labute approximate surface area is 123 Å². The summed E-state index contributed by atoms with van der Waals surface area (Å²) < 4.78 is 1.49. The first-order valence-corrected chi connectivity index (χ1v) is 7.89. The second-order valence-corrected chi connectivity index (χ2v) is 5.93. The van der Waals surface area contributed by atoms with Crippen LogP contribution in [0.4, 0.5) is 0 Å². The maximum Gasteiger partial charge on any atom is 0.233 e. The number of nitrogen functional groups attached to an aromatic ring is 1. The summed E-state index contributed by atoms with van der Waals surface area (Å²) in [6, 6.07) is 0. The Morgan fingerprint density at radius 1 is 1.30 bits per heavy atom. The second-order valence-electron chi connectivity index (χ2n) is 4.99. The number of amides is 1. The molecule has 1 aromatic rings. The van der Waals surface area contributed by atoms with Gasteiger partial charge in [0.1, 0.15) is 0 Å². The van der Waals surface area contributed by atoms with Crippen molar-refractivity contribution in [3.05, 3.63) is 5.82 Å². The first kappa shape index (κ1) is 15.1. The third kappa shape index (κ3) is 3.63.